The van der Waals surface area contributed by atoms with Crippen LogP contribution in [-0.2, 0) is 9.53 Å². The molecular weight excluding hydrogens is 412 g/mol. The Morgan fingerprint density at radius 3 is 2.65 bits per heavy atom. The van der Waals surface area contributed by atoms with Crippen molar-refractivity contribution >= 4 is 17.7 Å². The molecule has 0 bridgehead atoms. The van der Waals surface area contributed by atoms with Crippen LogP contribution >= 0.6 is 11.8 Å². The molecule has 1 N–H and O–H groups in total. The van der Waals surface area contributed by atoms with Gasteiger partial charge in [0.1, 0.15) is 0 Å². The Morgan fingerprint density at radius 1 is 1.13 bits per heavy atom. The first-order valence-corrected chi connectivity index (χ1v) is 12.2. The number of nitrogens with one attached hydrogen (secondary N) is 1. The van der Waals surface area contributed by atoms with E-state index in [2.05, 4.69) is 34.3 Å². The van der Waals surface area contributed by atoms with Crippen molar-refractivity contribution in [1.82, 2.24) is 20.4 Å². The number of thioether (sulfide) groups is 1. The summed E-state index contributed by atoms with van der Waals surface area (Å²) in [4.78, 5) is 15.1. The van der Waals surface area contributed by atoms with Crippen molar-refractivity contribution in [2.24, 2.45) is 0 Å². The second kappa shape index (κ2) is 10.1. The van der Waals surface area contributed by atoms with Crippen LogP contribution in [0.15, 0.2) is 27.8 Å². The summed E-state index contributed by atoms with van der Waals surface area (Å²) >= 11 is 1.29. The third-order valence-corrected chi connectivity index (χ3v) is 7.39. The lowest BCUT2D eigenvalue weighted by Crippen LogP contribution is -2.59. The highest BCUT2D eigenvalue weighted by Crippen LogP contribution is 2.34. The smallest absolute Gasteiger partial charge is 0.277 e. The van der Waals surface area contributed by atoms with Gasteiger partial charge in [0, 0.05) is 30.7 Å². The summed E-state index contributed by atoms with van der Waals surface area (Å²) in [5.74, 6) is 0.766. The molecule has 1 aromatic heterocycles. The van der Waals surface area contributed by atoms with E-state index in [0.29, 0.717) is 17.7 Å². The SMILES string of the molecule is Cc1ccc(-c2nnc(SCC(=O)NCC3(N4CCOCC4)CCCCC3)o2)cc1C. The van der Waals surface area contributed by atoms with E-state index in [-0.39, 0.29) is 17.2 Å². The number of hydrogen-bond donors (Lipinski definition) is 1. The van der Waals surface area contributed by atoms with Crippen LogP contribution in [0.5, 0.6) is 0 Å². The lowest BCUT2D eigenvalue weighted by molar-refractivity contribution is -0.119. The van der Waals surface area contributed by atoms with Crippen LogP contribution in [0.3, 0.4) is 0 Å². The predicted octanol–water partition coefficient (Wildman–Crippen LogP) is 3.60. The Hall–Kier alpha value is -1.90. The minimum atomic E-state index is 0.00846. The average Bonchev–Trinajstić information content (AvgIpc) is 3.28. The fraction of sp³-hybridized carbons (Fsp3) is 0.609. The van der Waals surface area contributed by atoms with Crippen molar-refractivity contribution < 1.29 is 13.9 Å². The van der Waals surface area contributed by atoms with Gasteiger partial charge < -0.3 is 14.5 Å². The highest BCUT2D eigenvalue weighted by atomic mass is 32.2. The maximum atomic E-state index is 12.6. The zero-order valence-corrected chi connectivity index (χ0v) is 19.3. The van der Waals surface area contributed by atoms with Gasteiger partial charge in [0.15, 0.2) is 0 Å². The standard InChI is InChI=1S/C23H32N4O3S/c1-17-6-7-19(14-18(17)2)21-25-26-22(30-21)31-15-20(28)24-16-23(8-4-3-5-9-23)27-10-12-29-13-11-27/h6-7,14H,3-5,8-13,15-16H2,1-2H3,(H,24,28). The number of hydrogen-bond acceptors (Lipinski definition) is 7. The largest absolute Gasteiger partial charge is 0.411 e. The van der Waals surface area contributed by atoms with Gasteiger partial charge in [0.05, 0.1) is 19.0 Å². The zero-order valence-electron chi connectivity index (χ0n) is 18.5. The molecule has 1 aliphatic heterocycles. The predicted molar refractivity (Wildman–Crippen MR) is 121 cm³/mol. The molecule has 0 spiro atoms. The molecule has 8 heteroatoms. The highest BCUT2D eigenvalue weighted by Gasteiger charge is 2.38. The van der Waals surface area contributed by atoms with Gasteiger partial charge in [-0.15, -0.1) is 10.2 Å². The van der Waals surface area contributed by atoms with E-state index in [0.717, 1.165) is 44.7 Å². The van der Waals surface area contributed by atoms with Crippen molar-refractivity contribution in [3.63, 3.8) is 0 Å². The molecule has 1 aromatic carbocycles. The molecule has 1 aliphatic carbocycles. The molecule has 0 radical (unpaired) electrons. The summed E-state index contributed by atoms with van der Waals surface area (Å²) in [7, 11) is 0. The minimum absolute atomic E-state index is 0.00846. The fourth-order valence-corrected chi connectivity index (χ4v) is 5.15. The van der Waals surface area contributed by atoms with Crippen molar-refractivity contribution in [3.8, 4) is 11.5 Å². The van der Waals surface area contributed by atoms with Crippen molar-refractivity contribution in [2.75, 3.05) is 38.6 Å². The second-order valence-corrected chi connectivity index (χ2v) is 9.55. The van der Waals surface area contributed by atoms with Crippen molar-refractivity contribution in [1.29, 1.82) is 0 Å². The summed E-state index contributed by atoms with van der Waals surface area (Å²) in [6.45, 7) is 8.30. The van der Waals surface area contributed by atoms with Crippen molar-refractivity contribution in [2.45, 2.75) is 56.7 Å². The number of aromatic nitrogens is 2. The van der Waals surface area contributed by atoms with E-state index < -0.39 is 0 Å². The van der Waals surface area contributed by atoms with Gasteiger partial charge in [0.2, 0.25) is 11.8 Å². The lowest BCUT2D eigenvalue weighted by atomic mass is 9.79. The van der Waals surface area contributed by atoms with Gasteiger partial charge in [-0.3, -0.25) is 9.69 Å². The summed E-state index contributed by atoms with van der Waals surface area (Å²) < 4.78 is 11.3. The van der Waals surface area contributed by atoms with Crippen LogP contribution in [0.25, 0.3) is 11.5 Å². The Labute approximate surface area is 188 Å². The van der Waals surface area contributed by atoms with Crippen LogP contribution in [0.1, 0.15) is 43.2 Å². The van der Waals surface area contributed by atoms with Crippen molar-refractivity contribution in [3.05, 3.63) is 29.3 Å². The first-order valence-electron chi connectivity index (χ1n) is 11.2. The van der Waals surface area contributed by atoms with E-state index in [4.69, 9.17) is 9.15 Å². The number of morpholine rings is 1. The fourth-order valence-electron chi connectivity index (χ4n) is 4.55. The molecule has 1 saturated heterocycles. The number of carbonyl (C=O) groups is 1. The maximum absolute atomic E-state index is 12.6. The zero-order chi connectivity index (χ0) is 21.7. The number of carbonyl (C=O) groups excluding carboxylic acids is 1. The molecule has 2 aromatic rings. The quantitative estimate of drug-likeness (QED) is 0.654. The Kier molecular flexibility index (Phi) is 7.30. The summed E-state index contributed by atoms with van der Waals surface area (Å²) in [5, 5.41) is 11.8. The van der Waals surface area contributed by atoms with E-state index >= 15 is 0 Å². The number of nitrogens with zero attached hydrogens (tertiary/aromatic N) is 3. The van der Waals surface area contributed by atoms with Gasteiger partial charge in [0.25, 0.3) is 5.22 Å². The van der Waals surface area contributed by atoms with Crippen LogP contribution in [-0.4, -0.2) is 65.1 Å². The molecule has 168 valence electrons. The average molecular weight is 445 g/mol. The molecule has 1 saturated carbocycles. The van der Waals surface area contributed by atoms with Crippen LogP contribution in [0, 0.1) is 13.8 Å². The topological polar surface area (TPSA) is 80.5 Å². The third kappa shape index (κ3) is 5.48. The highest BCUT2D eigenvalue weighted by molar-refractivity contribution is 7.99. The summed E-state index contributed by atoms with van der Waals surface area (Å²) in [6, 6.07) is 6.07. The lowest BCUT2D eigenvalue weighted by Gasteiger charge is -2.48. The molecule has 1 amide bonds. The first kappa shape index (κ1) is 22.3. The maximum Gasteiger partial charge on any atom is 0.277 e. The van der Waals surface area contributed by atoms with Crippen LogP contribution < -0.4 is 5.32 Å². The second-order valence-electron chi connectivity index (χ2n) is 8.62. The molecule has 0 atom stereocenters. The minimum Gasteiger partial charge on any atom is -0.411 e. The number of benzene rings is 1. The number of amides is 1. The molecule has 0 unspecified atom stereocenters. The van der Waals surface area contributed by atoms with Gasteiger partial charge in [-0.25, -0.2) is 0 Å². The molecular formula is C23H32N4O3S. The first-order chi connectivity index (χ1) is 15.1. The van der Waals surface area contributed by atoms with Crippen LogP contribution in [0.2, 0.25) is 0 Å². The van der Waals surface area contributed by atoms with Gasteiger partial charge in [-0.05, 0) is 49.9 Å². The molecule has 31 heavy (non-hydrogen) atoms. The molecule has 2 heterocycles. The molecule has 7 nitrogen and oxygen atoms in total. The van der Waals surface area contributed by atoms with E-state index in [1.54, 1.807) is 0 Å². The Balaban J connectivity index is 1.30. The van der Waals surface area contributed by atoms with Crippen LogP contribution in [0.4, 0.5) is 0 Å². The van der Waals surface area contributed by atoms with Gasteiger partial charge in [-0.2, -0.15) is 0 Å². The normalized spacial score (nSPS) is 19.3. The van der Waals surface area contributed by atoms with E-state index in [1.807, 2.05) is 18.2 Å². The number of ether oxygens (including phenoxy) is 1. The summed E-state index contributed by atoms with van der Waals surface area (Å²) in [5.41, 5.74) is 3.38. The summed E-state index contributed by atoms with van der Waals surface area (Å²) in [6.07, 6.45) is 6.03. The van der Waals surface area contributed by atoms with E-state index in [9.17, 15) is 4.79 Å². The monoisotopic (exact) mass is 444 g/mol. The van der Waals surface area contributed by atoms with Gasteiger partial charge in [-0.1, -0.05) is 37.1 Å². The number of rotatable bonds is 7. The third-order valence-electron chi connectivity index (χ3n) is 6.57. The van der Waals surface area contributed by atoms with Gasteiger partial charge >= 0.3 is 0 Å². The molecule has 4 rings (SSSR count). The molecule has 2 fully saturated rings. The van der Waals surface area contributed by atoms with E-state index in [1.165, 1.54) is 42.2 Å². The Morgan fingerprint density at radius 2 is 1.90 bits per heavy atom. The number of aryl methyl sites for hydroxylation is 2. The Bertz CT molecular complexity index is 889. The molecule has 2 aliphatic rings.